The SMILES string of the molecule is CCc1ccc(N2CC(CNC(=O)CCc3ccc(OC)cc3)OCC2=O)cc1. The zero-order valence-electron chi connectivity index (χ0n) is 17.0. The summed E-state index contributed by atoms with van der Waals surface area (Å²) >= 11 is 0. The smallest absolute Gasteiger partial charge is 0.253 e. The van der Waals surface area contributed by atoms with Gasteiger partial charge in [0, 0.05) is 18.7 Å². The number of hydrogen-bond donors (Lipinski definition) is 1. The van der Waals surface area contributed by atoms with E-state index in [4.69, 9.17) is 9.47 Å². The number of aryl methyl sites for hydroxylation is 2. The number of methoxy groups -OCH3 is 1. The van der Waals surface area contributed by atoms with Gasteiger partial charge in [0.25, 0.3) is 5.91 Å². The van der Waals surface area contributed by atoms with E-state index in [0.29, 0.717) is 25.9 Å². The fourth-order valence-corrected chi connectivity index (χ4v) is 3.28. The van der Waals surface area contributed by atoms with E-state index in [1.165, 1.54) is 5.56 Å². The molecular weight excluding hydrogens is 368 g/mol. The lowest BCUT2D eigenvalue weighted by Gasteiger charge is -2.33. The minimum atomic E-state index is -0.219. The van der Waals surface area contributed by atoms with Crippen molar-refractivity contribution < 1.29 is 19.1 Å². The van der Waals surface area contributed by atoms with Crippen molar-refractivity contribution in [2.45, 2.75) is 32.3 Å². The van der Waals surface area contributed by atoms with Crippen molar-refractivity contribution in [3.8, 4) is 5.75 Å². The number of ether oxygens (including phenoxy) is 2. The minimum absolute atomic E-state index is 0.0276. The summed E-state index contributed by atoms with van der Waals surface area (Å²) in [5, 5.41) is 2.92. The summed E-state index contributed by atoms with van der Waals surface area (Å²) in [5.41, 5.74) is 3.18. The molecule has 1 atom stereocenters. The number of morpholine rings is 1. The molecule has 0 aliphatic carbocycles. The highest BCUT2D eigenvalue weighted by molar-refractivity contribution is 5.95. The van der Waals surface area contributed by atoms with Gasteiger partial charge in [0.05, 0.1) is 19.8 Å². The molecule has 6 nitrogen and oxygen atoms in total. The van der Waals surface area contributed by atoms with Crippen LogP contribution in [0.5, 0.6) is 5.75 Å². The maximum atomic E-state index is 12.2. The van der Waals surface area contributed by atoms with Gasteiger partial charge in [-0.05, 0) is 48.2 Å². The van der Waals surface area contributed by atoms with Crippen LogP contribution in [0.25, 0.3) is 0 Å². The first-order chi connectivity index (χ1) is 14.1. The molecule has 0 radical (unpaired) electrons. The Kier molecular flexibility index (Phi) is 7.25. The van der Waals surface area contributed by atoms with E-state index in [-0.39, 0.29) is 24.5 Å². The fraction of sp³-hybridized carbons (Fsp3) is 0.391. The molecule has 1 heterocycles. The summed E-state index contributed by atoms with van der Waals surface area (Å²) < 4.78 is 10.7. The van der Waals surface area contributed by atoms with Gasteiger partial charge in [-0.15, -0.1) is 0 Å². The zero-order chi connectivity index (χ0) is 20.6. The molecule has 1 fully saturated rings. The minimum Gasteiger partial charge on any atom is -0.497 e. The molecule has 1 N–H and O–H groups in total. The van der Waals surface area contributed by atoms with Gasteiger partial charge < -0.3 is 19.7 Å². The average molecular weight is 396 g/mol. The van der Waals surface area contributed by atoms with E-state index in [1.807, 2.05) is 48.5 Å². The van der Waals surface area contributed by atoms with Gasteiger partial charge in [-0.25, -0.2) is 0 Å². The third-order valence-corrected chi connectivity index (χ3v) is 5.11. The van der Waals surface area contributed by atoms with E-state index in [2.05, 4.69) is 12.2 Å². The Bertz CT molecular complexity index is 818. The second-order valence-electron chi connectivity index (χ2n) is 7.11. The average Bonchev–Trinajstić information content (AvgIpc) is 2.77. The molecule has 2 aromatic carbocycles. The molecule has 1 saturated heterocycles. The molecular formula is C23H28N2O4. The van der Waals surface area contributed by atoms with E-state index < -0.39 is 0 Å². The van der Waals surface area contributed by atoms with Gasteiger partial charge in [-0.1, -0.05) is 31.2 Å². The monoisotopic (exact) mass is 396 g/mol. The Morgan fingerprint density at radius 2 is 1.83 bits per heavy atom. The summed E-state index contributed by atoms with van der Waals surface area (Å²) in [6.07, 6.45) is 1.81. The topological polar surface area (TPSA) is 67.9 Å². The summed E-state index contributed by atoms with van der Waals surface area (Å²) in [7, 11) is 1.63. The lowest BCUT2D eigenvalue weighted by molar-refractivity contribution is -0.129. The number of nitrogens with zero attached hydrogens (tertiary/aromatic N) is 1. The number of amides is 2. The van der Waals surface area contributed by atoms with Crippen LogP contribution < -0.4 is 15.0 Å². The summed E-state index contributed by atoms with van der Waals surface area (Å²) in [6.45, 7) is 2.95. The van der Waals surface area contributed by atoms with Crippen molar-refractivity contribution in [1.29, 1.82) is 0 Å². The van der Waals surface area contributed by atoms with Crippen molar-refractivity contribution in [1.82, 2.24) is 5.32 Å². The number of carbonyl (C=O) groups excluding carboxylic acids is 2. The van der Waals surface area contributed by atoms with Crippen LogP contribution in [0, 0.1) is 0 Å². The van der Waals surface area contributed by atoms with Crippen LogP contribution in [0.3, 0.4) is 0 Å². The van der Waals surface area contributed by atoms with Crippen molar-refractivity contribution in [3.63, 3.8) is 0 Å². The molecule has 154 valence electrons. The Morgan fingerprint density at radius 1 is 1.14 bits per heavy atom. The normalized spacial score (nSPS) is 16.6. The predicted octanol–water partition coefficient (Wildman–Crippen LogP) is 2.74. The second-order valence-corrected chi connectivity index (χ2v) is 7.11. The van der Waals surface area contributed by atoms with Gasteiger partial charge in [-0.3, -0.25) is 9.59 Å². The first-order valence-electron chi connectivity index (χ1n) is 9.99. The zero-order valence-corrected chi connectivity index (χ0v) is 17.0. The molecule has 2 aromatic rings. The summed E-state index contributed by atoms with van der Waals surface area (Å²) in [5.74, 6) is 0.715. The Morgan fingerprint density at radius 3 is 2.48 bits per heavy atom. The van der Waals surface area contributed by atoms with Gasteiger partial charge in [0.2, 0.25) is 5.91 Å². The van der Waals surface area contributed by atoms with Crippen LogP contribution in [-0.2, 0) is 27.2 Å². The molecule has 1 unspecified atom stereocenters. The van der Waals surface area contributed by atoms with Crippen LogP contribution >= 0.6 is 0 Å². The maximum absolute atomic E-state index is 12.2. The molecule has 1 aliphatic rings. The van der Waals surface area contributed by atoms with E-state index in [9.17, 15) is 9.59 Å². The van der Waals surface area contributed by atoms with Crippen molar-refractivity contribution in [2.24, 2.45) is 0 Å². The molecule has 0 spiro atoms. The van der Waals surface area contributed by atoms with Crippen LogP contribution in [0.4, 0.5) is 5.69 Å². The Balaban J connectivity index is 1.46. The molecule has 29 heavy (non-hydrogen) atoms. The third-order valence-electron chi connectivity index (χ3n) is 5.11. The third kappa shape index (κ3) is 5.81. The number of carbonyl (C=O) groups is 2. The number of rotatable bonds is 8. The second kappa shape index (κ2) is 10.1. The summed E-state index contributed by atoms with van der Waals surface area (Å²) in [6, 6.07) is 15.7. The standard InChI is InChI=1S/C23H28N2O4/c1-3-17-4-9-19(10-5-17)25-15-21(29-16-23(25)27)14-24-22(26)13-8-18-6-11-20(28-2)12-7-18/h4-7,9-12,21H,3,8,13-16H2,1-2H3,(H,24,26). The molecule has 3 rings (SSSR count). The largest absolute Gasteiger partial charge is 0.497 e. The highest BCUT2D eigenvalue weighted by Gasteiger charge is 2.27. The first-order valence-corrected chi connectivity index (χ1v) is 9.99. The van der Waals surface area contributed by atoms with Gasteiger partial charge >= 0.3 is 0 Å². The van der Waals surface area contributed by atoms with Crippen molar-refractivity contribution >= 4 is 17.5 Å². The number of anilines is 1. The van der Waals surface area contributed by atoms with Crippen molar-refractivity contribution in [3.05, 3.63) is 59.7 Å². The molecule has 0 aromatic heterocycles. The van der Waals surface area contributed by atoms with Crippen LogP contribution in [0.1, 0.15) is 24.5 Å². The predicted molar refractivity (Wildman–Crippen MR) is 112 cm³/mol. The molecule has 6 heteroatoms. The van der Waals surface area contributed by atoms with Crippen LogP contribution in [0.15, 0.2) is 48.5 Å². The molecule has 0 saturated carbocycles. The molecule has 0 bridgehead atoms. The highest BCUT2D eigenvalue weighted by atomic mass is 16.5. The highest BCUT2D eigenvalue weighted by Crippen LogP contribution is 2.19. The molecule has 2 amide bonds. The Labute approximate surface area is 171 Å². The maximum Gasteiger partial charge on any atom is 0.253 e. The van der Waals surface area contributed by atoms with Gasteiger partial charge in [0.1, 0.15) is 12.4 Å². The van der Waals surface area contributed by atoms with Gasteiger partial charge in [-0.2, -0.15) is 0 Å². The molecule has 1 aliphatic heterocycles. The fourth-order valence-electron chi connectivity index (χ4n) is 3.28. The van der Waals surface area contributed by atoms with Crippen LogP contribution in [-0.4, -0.2) is 44.7 Å². The summed E-state index contributed by atoms with van der Waals surface area (Å²) in [4.78, 5) is 26.2. The van der Waals surface area contributed by atoms with E-state index >= 15 is 0 Å². The van der Waals surface area contributed by atoms with E-state index in [0.717, 1.165) is 23.4 Å². The van der Waals surface area contributed by atoms with Crippen molar-refractivity contribution in [2.75, 3.05) is 31.7 Å². The van der Waals surface area contributed by atoms with Crippen LogP contribution in [0.2, 0.25) is 0 Å². The van der Waals surface area contributed by atoms with Gasteiger partial charge in [0.15, 0.2) is 0 Å². The number of nitrogens with one attached hydrogen (secondary N) is 1. The number of benzene rings is 2. The lowest BCUT2D eigenvalue weighted by Crippen LogP contribution is -2.50. The number of hydrogen-bond acceptors (Lipinski definition) is 4. The quantitative estimate of drug-likeness (QED) is 0.745. The van der Waals surface area contributed by atoms with E-state index in [1.54, 1.807) is 12.0 Å². The Hall–Kier alpha value is -2.86. The first kappa shape index (κ1) is 20.9. The lowest BCUT2D eigenvalue weighted by atomic mass is 10.1.